The average Bonchev–Trinajstić information content (AvgIpc) is 2.33. The number of amides is 1. The molecule has 0 radical (unpaired) electrons. The minimum Gasteiger partial charge on any atom is -0.396 e. The molecule has 0 fully saturated rings. The van der Waals surface area contributed by atoms with Gasteiger partial charge in [-0.25, -0.2) is 0 Å². The standard InChI is InChI=1S/C13H18ClNO2/c1-2-15(8-5-9-16)13(17)10-11-6-3-4-7-12(11)14/h3-4,6-7,16H,2,5,8-10H2,1H3. The highest BCUT2D eigenvalue weighted by Crippen LogP contribution is 2.16. The van der Waals surface area contributed by atoms with Gasteiger partial charge < -0.3 is 10.0 Å². The van der Waals surface area contributed by atoms with Crippen molar-refractivity contribution in [1.82, 2.24) is 4.90 Å². The highest BCUT2D eigenvalue weighted by Gasteiger charge is 2.13. The maximum atomic E-state index is 12.0. The molecule has 3 nitrogen and oxygen atoms in total. The Bertz CT molecular complexity index is 368. The van der Waals surface area contributed by atoms with E-state index in [9.17, 15) is 4.79 Å². The van der Waals surface area contributed by atoms with Crippen LogP contribution < -0.4 is 0 Å². The molecular weight excluding hydrogens is 238 g/mol. The Kier molecular flexibility index (Phi) is 6.01. The number of benzene rings is 1. The Hall–Kier alpha value is -1.06. The first-order chi connectivity index (χ1) is 8.19. The Labute approximate surface area is 107 Å². The second kappa shape index (κ2) is 7.30. The number of nitrogens with zero attached hydrogens (tertiary/aromatic N) is 1. The summed E-state index contributed by atoms with van der Waals surface area (Å²) in [7, 11) is 0. The van der Waals surface area contributed by atoms with E-state index >= 15 is 0 Å². The number of carbonyl (C=O) groups excluding carboxylic acids is 1. The SMILES string of the molecule is CCN(CCCO)C(=O)Cc1ccccc1Cl. The van der Waals surface area contributed by atoms with Crippen molar-refractivity contribution in [1.29, 1.82) is 0 Å². The number of likely N-dealkylation sites (N-methyl/N-ethyl adjacent to an activating group) is 1. The zero-order chi connectivity index (χ0) is 12.7. The van der Waals surface area contributed by atoms with E-state index in [2.05, 4.69) is 0 Å². The minimum absolute atomic E-state index is 0.0500. The van der Waals surface area contributed by atoms with Gasteiger partial charge in [0, 0.05) is 24.7 Å². The maximum Gasteiger partial charge on any atom is 0.227 e. The molecule has 0 heterocycles. The molecule has 1 amide bonds. The number of hydrogen-bond acceptors (Lipinski definition) is 2. The second-order valence-corrected chi connectivity index (χ2v) is 4.23. The molecule has 17 heavy (non-hydrogen) atoms. The van der Waals surface area contributed by atoms with Crippen LogP contribution in [0.15, 0.2) is 24.3 Å². The van der Waals surface area contributed by atoms with Crippen molar-refractivity contribution in [3.8, 4) is 0 Å². The van der Waals surface area contributed by atoms with Crippen LogP contribution in [-0.2, 0) is 11.2 Å². The molecule has 0 aliphatic carbocycles. The van der Waals surface area contributed by atoms with E-state index in [-0.39, 0.29) is 12.5 Å². The monoisotopic (exact) mass is 255 g/mol. The molecule has 0 bridgehead atoms. The van der Waals surface area contributed by atoms with Crippen LogP contribution in [0.2, 0.25) is 5.02 Å². The van der Waals surface area contributed by atoms with Crippen LogP contribution in [0.5, 0.6) is 0 Å². The molecule has 94 valence electrons. The third kappa shape index (κ3) is 4.36. The molecule has 0 unspecified atom stereocenters. The van der Waals surface area contributed by atoms with Gasteiger partial charge in [0.15, 0.2) is 0 Å². The molecule has 1 aromatic rings. The normalized spacial score (nSPS) is 10.3. The molecule has 0 aromatic heterocycles. The summed E-state index contributed by atoms with van der Waals surface area (Å²) < 4.78 is 0. The fourth-order valence-corrected chi connectivity index (χ4v) is 1.84. The quantitative estimate of drug-likeness (QED) is 0.846. The van der Waals surface area contributed by atoms with Crippen molar-refractivity contribution in [2.45, 2.75) is 19.8 Å². The first-order valence-electron chi connectivity index (χ1n) is 5.81. The lowest BCUT2D eigenvalue weighted by Gasteiger charge is -2.20. The summed E-state index contributed by atoms with van der Waals surface area (Å²) in [5.74, 6) is 0.0500. The Morgan fingerprint density at radius 1 is 1.41 bits per heavy atom. The van der Waals surface area contributed by atoms with Gasteiger partial charge in [0.25, 0.3) is 0 Å². The van der Waals surface area contributed by atoms with Crippen molar-refractivity contribution < 1.29 is 9.90 Å². The van der Waals surface area contributed by atoms with Crippen molar-refractivity contribution >= 4 is 17.5 Å². The Morgan fingerprint density at radius 3 is 2.71 bits per heavy atom. The lowest BCUT2D eigenvalue weighted by Crippen LogP contribution is -2.33. The molecule has 0 spiro atoms. The zero-order valence-electron chi connectivity index (χ0n) is 10.0. The van der Waals surface area contributed by atoms with Gasteiger partial charge in [-0.15, -0.1) is 0 Å². The van der Waals surface area contributed by atoms with Gasteiger partial charge >= 0.3 is 0 Å². The van der Waals surface area contributed by atoms with E-state index in [4.69, 9.17) is 16.7 Å². The van der Waals surface area contributed by atoms with Crippen molar-refractivity contribution in [3.63, 3.8) is 0 Å². The highest BCUT2D eigenvalue weighted by atomic mass is 35.5. The van der Waals surface area contributed by atoms with Crippen molar-refractivity contribution in [2.75, 3.05) is 19.7 Å². The van der Waals surface area contributed by atoms with Gasteiger partial charge in [0.05, 0.1) is 6.42 Å². The van der Waals surface area contributed by atoms with Crippen molar-refractivity contribution in [3.05, 3.63) is 34.9 Å². The Morgan fingerprint density at radius 2 is 2.12 bits per heavy atom. The summed E-state index contributed by atoms with van der Waals surface area (Å²) in [6, 6.07) is 7.37. The van der Waals surface area contributed by atoms with E-state index in [1.54, 1.807) is 11.0 Å². The van der Waals surface area contributed by atoms with Crippen LogP contribution >= 0.6 is 11.6 Å². The van der Waals surface area contributed by atoms with E-state index in [0.29, 0.717) is 31.0 Å². The van der Waals surface area contributed by atoms with Gasteiger partial charge in [-0.2, -0.15) is 0 Å². The molecule has 4 heteroatoms. The molecule has 1 rings (SSSR count). The fraction of sp³-hybridized carbons (Fsp3) is 0.462. The highest BCUT2D eigenvalue weighted by molar-refractivity contribution is 6.31. The van der Waals surface area contributed by atoms with Crippen LogP contribution in [0.4, 0.5) is 0 Å². The summed E-state index contributed by atoms with van der Waals surface area (Å²) in [5.41, 5.74) is 0.849. The summed E-state index contributed by atoms with van der Waals surface area (Å²) in [6.07, 6.45) is 0.932. The number of halogens is 1. The topological polar surface area (TPSA) is 40.5 Å². The summed E-state index contributed by atoms with van der Waals surface area (Å²) in [6.45, 7) is 3.29. The molecule has 0 atom stereocenters. The number of carbonyl (C=O) groups is 1. The number of aliphatic hydroxyl groups excluding tert-OH is 1. The van der Waals surface area contributed by atoms with Crippen LogP contribution in [0.25, 0.3) is 0 Å². The van der Waals surface area contributed by atoms with Crippen LogP contribution in [0.1, 0.15) is 18.9 Å². The number of hydrogen-bond donors (Lipinski definition) is 1. The van der Waals surface area contributed by atoms with Gasteiger partial charge in [-0.3, -0.25) is 4.79 Å². The molecule has 0 aliphatic rings. The summed E-state index contributed by atoms with van der Waals surface area (Å²) in [5, 5.41) is 9.39. The summed E-state index contributed by atoms with van der Waals surface area (Å²) >= 11 is 6.01. The lowest BCUT2D eigenvalue weighted by atomic mass is 10.1. The molecule has 0 saturated heterocycles. The number of rotatable bonds is 6. The predicted octanol–water partition coefficient (Wildman–Crippen LogP) is 2.11. The van der Waals surface area contributed by atoms with Crippen molar-refractivity contribution in [2.24, 2.45) is 0 Å². The first kappa shape index (κ1) is 14.0. The van der Waals surface area contributed by atoms with Gasteiger partial charge in [0.2, 0.25) is 5.91 Å². The van der Waals surface area contributed by atoms with Crippen LogP contribution in [0, 0.1) is 0 Å². The van der Waals surface area contributed by atoms with E-state index in [1.807, 2.05) is 25.1 Å². The van der Waals surface area contributed by atoms with Crippen LogP contribution in [0.3, 0.4) is 0 Å². The molecule has 0 aliphatic heterocycles. The molecule has 1 N–H and O–H groups in total. The smallest absolute Gasteiger partial charge is 0.227 e. The zero-order valence-corrected chi connectivity index (χ0v) is 10.8. The molecule has 0 saturated carbocycles. The lowest BCUT2D eigenvalue weighted by molar-refractivity contribution is -0.130. The fourth-order valence-electron chi connectivity index (χ4n) is 1.64. The van der Waals surface area contributed by atoms with Crippen LogP contribution in [-0.4, -0.2) is 35.6 Å². The first-order valence-corrected chi connectivity index (χ1v) is 6.18. The van der Waals surface area contributed by atoms with E-state index in [0.717, 1.165) is 5.56 Å². The van der Waals surface area contributed by atoms with E-state index < -0.39 is 0 Å². The Balaban J connectivity index is 2.61. The second-order valence-electron chi connectivity index (χ2n) is 3.82. The molecule has 1 aromatic carbocycles. The molecular formula is C13H18ClNO2. The summed E-state index contributed by atoms with van der Waals surface area (Å²) in [4.78, 5) is 13.7. The average molecular weight is 256 g/mol. The third-order valence-electron chi connectivity index (χ3n) is 2.62. The van der Waals surface area contributed by atoms with Gasteiger partial charge in [0.1, 0.15) is 0 Å². The largest absolute Gasteiger partial charge is 0.396 e. The number of aliphatic hydroxyl groups is 1. The third-order valence-corrected chi connectivity index (χ3v) is 2.99. The minimum atomic E-state index is 0.0500. The van der Waals surface area contributed by atoms with E-state index in [1.165, 1.54) is 0 Å². The maximum absolute atomic E-state index is 12.0. The van der Waals surface area contributed by atoms with Gasteiger partial charge in [-0.1, -0.05) is 29.8 Å². The van der Waals surface area contributed by atoms with Gasteiger partial charge in [-0.05, 0) is 25.0 Å². The predicted molar refractivity (Wildman–Crippen MR) is 69.1 cm³/mol.